The third-order valence-electron chi connectivity index (χ3n) is 3.90. The molecule has 2 rings (SSSR count). The number of hydrogen-bond acceptors (Lipinski definition) is 4. The summed E-state index contributed by atoms with van der Waals surface area (Å²) in [5, 5.41) is 7.28. The van der Waals surface area contributed by atoms with Crippen molar-refractivity contribution in [1.82, 2.24) is 24.9 Å². The molecule has 1 atom stereocenters. The maximum atomic E-state index is 12.3. The monoisotopic (exact) mass is 490 g/mol. The van der Waals surface area contributed by atoms with Crippen LogP contribution in [0.5, 0.6) is 0 Å². The fourth-order valence-electron chi connectivity index (χ4n) is 2.73. The third kappa shape index (κ3) is 7.27. The number of aromatic nitrogens is 2. The minimum atomic E-state index is -4.18. The topological polar surface area (TPSA) is 57.9 Å². The van der Waals surface area contributed by atoms with E-state index in [1.54, 1.807) is 17.9 Å². The van der Waals surface area contributed by atoms with Gasteiger partial charge in [0.2, 0.25) is 0 Å². The van der Waals surface area contributed by atoms with Crippen molar-refractivity contribution in [2.45, 2.75) is 12.3 Å². The van der Waals surface area contributed by atoms with Crippen LogP contribution in [0.1, 0.15) is 11.7 Å². The third-order valence-corrected chi connectivity index (χ3v) is 3.90. The number of aliphatic imine (C=N–C) groups is 1. The number of likely N-dealkylation sites (N-methyl/N-ethyl adjacent to an activating group) is 1. The number of ether oxygens (including phenoxy) is 1. The highest BCUT2D eigenvalue weighted by atomic mass is 127. The zero-order valence-electron chi connectivity index (χ0n) is 15.2. The fourth-order valence-corrected chi connectivity index (χ4v) is 2.73. The van der Waals surface area contributed by atoms with Crippen molar-refractivity contribution < 1.29 is 17.9 Å². The van der Waals surface area contributed by atoms with Crippen LogP contribution >= 0.6 is 24.0 Å². The minimum Gasteiger partial charge on any atom is -0.370 e. The number of nitrogens with one attached hydrogen (secondary N) is 1. The Kier molecular flexibility index (Phi) is 9.10. The smallest absolute Gasteiger partial charge is 0.370 e. The van der Waals surface area contributed by atoms with Crippen LogP contribution in [0.3, 0.4) is 0 Å². The summed E-state index contributed by atoms with van der Waals surface area (Å²) in [6, 6.07) is 0. The number of halogens is 4. The molecule has 7 nitrogen and oxygen atoms in total. The SMILES string of the molecule is CN=C(NCCN(C)CC(F)(F)F)N1CCOC(c2cnn(C)c2)C1.I. The van der Waals surface area contributed by atoms with Gasteiger partial charge in [-0.3, -0.25) is 14.6 Å². The maximum Gasteiger partial charge on any atom is 0.401 e. The summed E-state index contributed by atoms with van der Waals surface area (Å²) in [4.78, 5) is 7.51. The Morgan fingerprint density at radius 1 is 1.50 bits per heavy atom. The molecule has 1 aromatic rings. The summed E-state index contributed by atoms with van der Waals surface area (Å²) in [5.41, 5.74) is 0.993. The second-order valence-corrected chi connectivity index (χ2v) is 6.08. The van der Waals surface area contributed by atoms with Gasteiger partial charge < -0.3 is 15.0 Å². The van der Waals surface area contributed by atoms with E-state index in [1.807, 2.05) is 18.1 Å². The number of nitrogens with zero attached hydrogens (tertiary/aromatic N) is 5. The van der Waals surface area contributed by atoms with Crippen LogP contribution in [0.2, 0.25) is 0 Å². The highest BCUT2D eigenvalue weighted by Crippen LogP contribution is 2.21. The lowest BCUT2D eigenvalue weighted by Gasteiger charge is -2.35. The molecule has 0 bridgehead atoms. The van der Waals surface area contributed by atoms with Gasteiger partial charge in [-0.1, -0.05) is 0 Å². The predicted molar refractivity (Wildman–Crippen MR) is 104 cm³/mol. The lowest BCUT2D eigenvalue weighted by Crippen LogP contribution is -2.49. The summed E-state index contributed by atoms with van der Waals surface area (Å²) in [5.74, 6) is 0.664. The average Bonchev–Trinajstić information content (AvgIpc) is 2.96. The van der Waals surface area contributed by atoms with Crippen LogP contribution in [0.15, 0.2) is 17.4 Å². The van der Waals surface area contributed by atoms with Crippen LogP contribution in [-0.2, 0) is 11.8 Å². The molecule has 0 radical (unpaired) electrons. The molecule has 1 fully saturated rings. The number of aryl methyl sites for hydroxylation is 1. The Labute approximate surface area is 168 Å². The van der Waals surface area contributed by atoms with E-state index in [0.717, 1.165) is 5.56 Å². The number of alkyl halides is 3. The van der Waals surface area contributed by atoms with Crippen LogP contribution in [-0.4, -0.2) is 85.1 Å². The Hall–Kier alpha value is -1.08. The van der Waals surface area contributed by atoms with E-state index in [9.17, 15) is 13.2 Å². The lowest BCUT2D eigenvalue weighted by atomic mass is 10.1. The van der Waals surface area contributed by atoms with Crippen molar-refractivity contribution >= 4 is 29.9 Å². The molecule has 150 valence electrons. The summed E-state index contributed by atoms with van der Waals surface area (Å²) in [7, 11) is 4.96. The predicted octanol–water partition coefficient (Wildman–Crippen LogP) is 1.48. The first-order chi connectivity index (χ1) is 11.8. The van der Waals surface area contributed by atoms with E-state index in [0.29, 0.717) is 32.2 Å². The summed E-state index contributed by atoms with van der Waals surface area (Å²) in [6.45, 7) is 1.57. The number of hydrogen-bond donors (Lipinski definition) is 1. The van der Waals surface area contributed by atoms with Crippen molar-refractivity contribution in [3.05, 3.63) is 18.0 Å². The molecule has 1 aromatic heterocycles. The van der Waals surface area contributed by atoms with Crippen molar-refractivity contribution in [2.24, 2.45) is 12.0 Å². The molecular weight excluding hydrogens is 464 g/mol. The Bertz CT molecular complexity index is 580. The molecule has 0 aromatic carbocycles. The first-order valence-corrected chi connectivity index (χ1v) is 8.09. The molecule has 1 N–H and O–H groups in total. The van der Waals surface area contributed by atoms with E-state index in [2.05, 4.69) is 15.4 Å². The minimum absolute atomic E-state index is 0. The molecule has 1 unspecified atom stereocenters. The van der Waals surface area contributed by atoms with Gasteiger partial charge in [0.1, 0.15) is 6.10 Å². The van der Waals surface area contributed by atoms with E-state index in [-0.39, 0.29) is 36.6 Å². The van der Waals surface area contributed by atoms with E-state index in [4.69, 9.17) is 4.74 Å². The summed E-state index contributed by atoms with van der Waals surface area (Å²) < 4.78 is 44.5. The second-order valence-electron chi connectivity index (χ2n) is 6.08. The normalized spacial score (nSPS) is 18.8. The first kappa shape index (κ1) is 23.0. The molecule has 0 saturated carbocycles. The van der Waals surface area contributed by atoms with Crippen LogP contribution in [0.4, 0.5) is 13.2 Å². The van der Waals surface area contributed by atoms with Crippen LogP contribution in [0, 0.1) is 0 Å². The highest BCUT2D eigenvalue weighted by molar-refractivity contribution is 14.0. The molecule has 11 heteroatoms. The van der Waals surface area contributed by atoms with Gasteiger partial charge in [-0.05, 0) is 7.05 Å². The molecule has 1 aliphatic heterocycles. The van der Waals surface area contributed by atoms with Crippen molar-refractivity contribution in [1.29, 1.82) is 0 Å². The zero-order chi connectivity index (χ0) is 18.4. The Balaban J connectivity index is 0.00000338. The molecule has 1 saturated heterocycles. The maximum absolute atomic E-state index is 12.3. The molecule has 0 aliphatic carbocycles. The Morgan fingerprint density at radius 2 is 2.23 bits per heavy atom. The quantitative estimate of drug-likeness (QED) is 0.385. The van der Waals surface area contributed by atoms with Crippen molar-refractivity contribution in [3.63, 3.8) is 0 Å². The van der Waals surface area contributed by atoms with Crippen LogP contribution < -0.4 is 5.32 Å². The number of morpholine rings is 1. The van der Waals surface area contributed by atoms with Gasteiger partial charge in [0.25, 0.3) is 0 Å². The summed E-state index contributed by atoms with van der Waals surface area (Å²) in [6.07, 6.45) is -0.598. The highest BCUT2D eigenvalue weighted by Gasteiger charge is 2.29. The van der Waals surface area contributed by atoms with Gasteiger partial charge in [-0.2, -0.15) is 18.3 Å². The lowest BCUT2D eigenvalue weighted by molar-refractivity contribution is -0.142. The van der Waals surface area contributed by atoms with Crippen molar-refractivity contribution in [3.8, 4) is 0 Å². The largest absolute Gasteiger partial charge is 0.401 e. The van der Waals surface area contributed by atoms with Gasteiger partial charge in [-0.15, -0.1) is 24.0 Å². The van der Waals surface area contributed by atoms with Gasteiger partial charge in [0.05, 0.1) is 25.9 Å². The first-order valence-electron chi connectivity index (χ1n) is 8.09. The van der Waals surface area contributed by atoms with Gasteiger partial charge >= 0.3 is 6.18 Å². The van der Waals surface area contributed by atoms with Crippen molar-refractivity contribution in [2.75, 3.05) is 53.4 Å². The second kappa shape index (κ2) is 10.3. The standard InChI is InChI=1S/C15H25F3N6O.HI/c1-19-14(20-4-5-22(2)11-15(16,17)18)24-6-7-25-13(10-24)12-8-21-23(3)9-12;/h8-9,13H,4-7,10-11H2,1-3H3,(H,19,20);1H. The molecule has 2 heterocycles. The van der Waals surface area contributed by atoms with E-state index < -0.39 is 12.7 Å². The molecule has 0 spiro atoms. The van der Waals surface area contributed by atoms with Gasteiger partial charge in [-0.25, -0.2) is 0 Å². The zero-order valence-corrected chi connectivity index (χ0v) is 17.5. The van der Waals surface area contributed by atoms with Gasteiger partial charge in [0, 0.05) is 45.5 Å². The van der Waals surface area contributed by atoms with Crippen LogP contribution in [0.25, 0.3) is 0 Å². The summed E-state index contributed by atoms with van der Waals surface area (Å²) >= 11 is 0. The fraction of sp³-hybridized carbons (Fsp3) is 0.733. The molecule has 0 amide bonds. The number of rotatable bonds is 5. The van der Waals surface area contributed by atoms with Gasteiger partial charge in [0.15, 0.2) is 5.96 Å². The molecule has 1 aliphatic rings. The van der Waals surface area contributed by atoms with E-state index >= 15 is 0 Å². The number of guanidine groups is 1. The Morgan fingerprint density at radius 3 is 2.81 bits per heavy atom. The average molecular weight is 490 g/mol. The molecular formula is C15H26F3IN6O. The van der Waals surface area contributed by atoms with E-state index in [1.165, 1.54) is 11.9 Å². The molecule has 26 heavy (non-hydrogen) atoms.